The van der Waals surface area contributed by atoms with Crippen molar-refractivity contribution in [2.45, 2.75) is 12.6 Å². The zero-order valence-electron chi connectivity index (χ0n) is 6.75. The van der Waals surface area contributed by atoms with Crippen LogP contribution in [0, 0.1) is 10.1 Å². The van der Waals surface area contributed by atoms with Crippen molar-refractivity contribution in [3.8, 4) is 0 Å². The van der Waals surface area contributed by atoms with Gasteiger partial charge in [0, 0.05) is 19.3 Å². The lowest BCUT2D eigenvalue weighted by molar-refractivity contribution is -0.582. The number of aromatic nitrogens is 2. The normalized spacial score (nSPS) is 14.8. The van der Waals surface area contributed by atoms with Crippen LogP contribution in [-0.4, -0.2) is 25.8 Å². The van der Waals surface area contributed by atoms with Gasteiger partial charge in [-0.05, 0) is 6.07 Å². The average Bonchev–Trinajstić information content (AvgIpc) is 2.54. The van der Waals surface area contributed by atoms with Gasteiger partial charge in [0.15, 0.2) is 0 Å². The van der Waals surface area contributed by atoms with E-state index in [-0.39, 0.29) is 0 Å². The van der Waals surface area contributed by atoms with Gasteiger partial charge in [-0.3, -0.25) is 10.1 Å². The first-order valence-corrected chi connectivity index (χ1v) is 3.37. The molecule has 0 amide bonds. The maximum Gasteiger partial charge on any atom is 0.407 e. The standard InChI is InChI=1S/C6H7N3O4/c1-6(5(10)11,9(12)13)8-4-2-3-7-8/h2-4H,1H3,(H,10,11)/t6-/m0/s1. The van der Waals surface area contributed by atoms with E-state index in [2.05, 4.69) is 5.10 Å². The SMILES string of the molecule is C[C@](C(=O)O)(n1cccn1)[N+](=O)[O-]. The fourth-order valence-electron chi connectivity index (χ4n) is 0.786. The Balaban J connectivity index is 3.21. The van der Waals surface area contributed by atoms with Crippen LogP contribution in [-0.2, 0) is 10.5 Å². The van der Waals surface area contributed by atoms with Gasteiger partial charge in [0.1, 0.15) is 0 Å². The molecule has 70 valence electrons. The molecule has 0 bridgehead atoms. The van der Waals surface area contributed by atoms with E-state index in [1.54, 1.807) is 0 Å². The van der Waals surface area contributed by atoms with E-state index in [4.69, 9.17) is 5.11 Å². The number of carboxylic acid groups (broad SMARTS) is 1. The number of hydrogen-bond acceptors (Lipinski definition) is 4. The van der Waals surface area contributed by atoms with Crippen molar-refractivity contribution in [1.82, 2.24) is 9.78 Å². The summed E-state index contributed by atoms with van der Waals surface area (Å²) in [4.78, 5) is 20.3. The van der Waals surface area contributed by atoms with E-state index in [9.17, 15) is 14.9 Å². The zero-order chi connectivity index (χ0) is 10.1. The summed E-state index contributed by atoms with van der Waals surface area (Å²) in [5.74, 6) is -1.55. The molecule has 1 rings (SSSR count). The molecule has 1 aromatic heterocycles. The predicted octanol–water partition coefficient (Wildman–Crippen LogP) is -0.0829. The number of nitro groups is 1. The van der Waals surface area contributed by atoms with E-state index in [1.807, 2.05) is 0 Å². The molecular formula is C6H7N3O4. The van der Waals surface area contributed by atoms with E-state index < -0.39 is 16.6 Å². The summed E-state index contributed by atoms with van der Waals surface area (Å²) >= 11 is 0. The predicted molar refractivity (Wildman–Crippen MR) is 40.5 cm³/mol. The Morgan fingerprint density at radius 3 is 2.69 bits per heavy atom. The van der Waals surface area contributed by atoms with Crippen LogP contribution in [0.15, 0.2) is 18.5 Å². The van der Waals surface area contributed by atoms with Crippen molar-refractivity contribution in [1.29, 1.82) is 0 Å². The van der Waals surface area contributed by atoms with E-state index in [1.165, 1.54) is 18.5 Å². The molecule has 1 atom stereocenters. The summed E-state index contributed by atoms with van der Waals surface area (Å²) in [6.45, 7) is 0.975. The van der Waals surface area contributed by atoms with Gasteiger partial charge < -0.3 is 5.11 Å². The Kier molecular flexibility index (Phi) is 2.01. The van der Waals surface area contributed by atoms with Crippen molar-refractivity contribution in [3.63, 3.8) is 0 Å². The first-order chi connectivity index (χ1) is 5.99. The van der Waals surface area contributed by atoms with Crippen molar-refractivity contribution in [3.05, 3.63) is 28.6 Å². The molecule has 0 saturated carbocycles. The lowest BCUT2D eigenvalue weighted by atomic mass is 10.2. The van der Waals surface area contributed by atoms with Gasteiger partial charge in [-0.2, -0.15) is 9.78 Å². The smallest absolute Gasteiger partial charge is 0.407 e. The Bertz CT molecular complexity index is 318. The molecule has 1 aromatic rings. The number of aliphatic carboxylic acids is 1. The second-order valence-electron chi connectivity index (χ2n) is 2.53. The van der Waals surface area contributed by atoms with Gasteiger partial charge in [0.05, 0.1) is 4.92 Å². The van der Waals surface area contributed by atoms with Crippen LogP contribution >= 0.6 is 0 Å². The molecule has 7 nitrogen and oxygen atoms in total. The van der Waals surface area contributed by atoms with E-state index in [0.29, 0.717) is 0 Å². The number of nitrogens with zero attached hydrogens (tertiary/aromatic N) is 3. The van der Waals surface area contributed by atoms with E-state index >= 15 is 0 Å². The monoisotopic (exact) mass is 185 g/mol. The average molecular weight is 185 g/mol. The first kappa shape index (κ1) is 9.17. The van der Waals surface area contributed by atoms with Gasteiger partial charge in [-0.1, -0.05) is 0 Å². The Morgan fingerprint density at radius 2 is 2.38 bits per heavy atom. The lowest BCUT2D eigenvalue weighted by Gasteiger charge is -2.15. The molecule has 7 heteroatoms. The maximum absolute atomic E-state index is 10.7. The minimum atomic E-state index is -2.23. The molecule has 0 aromatic carbocycles. The van der Waals surface area contributed by atoms with Gasteiger partial charge in [0.25, 0.3) is 0 Å². The van der Waals surface area contributed by atoms with Crippen LogP contribution in [0.25, 0.3) is 0 Å². The van der Waals surface area contributed by atoms with Crippen molar-refractivity contribution in [2.75, 3.05) is 0 Å². The second-order valence-corrected chi connectivity index (χ2v) is 2.53. The highest BCUT2D eigenvalue weighted by molar-refractivity contribution is 5.73. The molecule has 0 aliphatic carbocycles. The summed E-state index contributed by atoms with van der Waals surface area (Å²) in [6, 6.07) is 1.42. The number of carboxylic acids is 1. The van der Waals surface area contributed by atoms with Crippen molar-refractivity contribution >= 4 is 5.97 Å². The van der Waals surface area contributed by atoms with Crippen LogP contribution in [0.5, 0.6) is 0 Å². The molecule has 0 spiro atoms. The lowest BCUT2D eigenvalue weighted by Crippen LogP contribution is -2.46. The molecular weight excluding hydrogens is 178 g/mol. The van der Waals surface area contributed by atoms with Crippen LogP contribution in [0.2, 0.25) is 0 Å². The molecule has 0 aliphatic rings. The Morgan fingerprint density at radius 1 is 1.77 bits per heavy atom. The molecule has 0 fully saturated rings. The van der Waals surface area contributed by atoms with Crippen LogP contribution < -0.4 is 0 Å². The largest absolute Gasteiger partial charge is 0.474 e. The first-order valence-electron chi connectivity index (χ1n) is 3.37. The van der Waals surface area contributed by atoms with Crippen molar-refractivity contribution in [2.24, 2.45) is 0 Å². The third-order valence-corrected chi connectivity index (χ3v) is 1.71. The van der Waals surface area contributed by atoms with Gasteiger partial charge in [-0.25, -0.2) is 4.79 Å². The highest BCUT2D eigenvalue weighted by Gasteiger charge is 2.49. The highest BCUT2D eigenvalue weighted by Crippen LogP contribution is 2.15. The van der Waals surface area contributed by atoms with Crippen molar-refractivity contribution < 1.29 is 14.8 Å². The Hall–Kier alpha value is -1.92. The van der Waals surface area contributed by atoms with Gasteiger partial charge in [-0.15, -0.1) is 0 Å². The topological polar surface area (TPSA) is 98.3 Å². The second kappa shape index (κ2) is 2.85. The van der Waals surface area contributed by atoms with Crippen LogP contribution in [0.1, 0.15) is 6.92 Å². The molecule has 13 heavy (non-hydrogen) atoms. The minimum Gasteiger partial charge on any atom is -0.474 e. The molecule has 0 radical (unpaired) electrons. The third kappa shape index (κ3) is 1.24. The molecule has 0 aliphatic heterocycles. The quantitative estimate of drug-likeness (QED) is 0.524. The highest BCUT2D eigenvalue weighted by atomic mass is 16.6. The minimum absolute atomic E-state index is 0.787. The number of hydrogen-bond donors (Lipinski definition) is 1. The molecule has 0 saturated heterocycles. The fraction of sp³-hybridized carbons (Fsp3) is 0.333. The summed E-state index contributed by atoms with van der Waals surface area (Å²) in [5.41, 5.74) is -2.23. The third-order valence-electron chi connectivity index (χ3n) is 1.71. The van der Waals surface area contributed by atoms with Crippen LogP contribution in [0.3, 0.4) is 0 Å². The zero-order valence-corrected chi connectivity index (χ0v) is 6.75. The Labute approximate surface area is 72.7 Å². The van der Waals surface area contributed by atoms with Crippen LogP contribution in [0.4, 0.5) is 0 Å². The van der Waals surface area contributed by atoms with Gasteiger partial charge in [0.2, 0.25) is 0 Å². The number of rotatable bonds is 3. The molecule has 1 heterocycles. The summed E-state index contributed by atoms with van der Waals surface area (Å²) < 4.78 is 0.787. The van der Waals surface area contributed by atoms with Gasteiger partial charge >= 0.3 is 11.6 Å². The molecule has 1 N–H and O–H groups in total. The summed E-state index contributed by atoms with van der Waals surface area (Å²) in [5, 5.41) is 22.7. The molecule has 0 unspecified atom stereocenters. The number of carbonyl (C=O) groups is 1. The van der Waals surface area contributed by atoms with E-state index in [0.717, 1.165) is 11.6 Å². The fourth-order valence-corrected chi connectivity index (χ4v) is 0.786. The maximum atomic E-state index is 10.7. The summed E-state index contributed by atoms with van der Waals surface area (Å²) in [7, 11) is 0. The summed E-state index contributed by atoms with van der Waals surface area (Å²) in [6.07, 6.45) is 2.52.